The van der Waals surface area contributed by atoms with E-state index in [9.17, 15) is 14.0 Å². The van der Waals surface area contributed by atoms with Crippen LogP contribution in [-0.4, -0.2) is 29.4 Å². The summed E-state index contributed by atoms with van der Waals surface area (Å²) in [7, 11) is 0. The van der Waals surface area contributed by atoms with Gasteiger partial charge in [0.2, 0.25) is 0 Å². The SMILES string of the molecule is C[C@@H](CC1CCC2(CC1)OC(=O)NN=C2c1ccc(F)cc1Cl)NC(=O)c1cc2ccccc2o1. The summed E-state index contributed by atoms with van der Waals surface area (Å²) in [5.41, 5.74) is 3.16. The molecule has 182 valence electrons. The molecule has 1 atom stereocenters. The van der Waals surface area contributed by atoms with Gasteiger partial charge in [-0.3, -0.25) is 4.79 Å². The van der Waals surface area contributed by atoms with Gasteiger partial charge in [-0.15, -0.1) is 0 Å². The Hall–Kier alpha value is -3.39. The number of furan rings is 1. The fraction of sp³-hybridized carbons (Fsp3) is 0.346. The number of para-hydroxylation sites is 1. The maximum Gasteiger partial charge on any atom is 0.428 e. The van der Waals surface area contributed by atoms with Crippen molar-refractivity contribution >= 4 is 40.3 Å². The van der Waals surface area contributed by atoms with Crippen LogP contribution in [0.25, 0.3) is 11.0 Å². The number of carbonyl (C=O) groups excluding carboxylic acids is 2. The molecule has 0 bridgehead atoms. The van der Waals surface area contributed by atoms with Crippen LogP contribution in [0.4, 0.5) is 9.18 Å². The van der Waals surface area contributed by atoms with Crippen LogP contribution < -0.4 is 10.7 Å². The van der Waals surface area contributed by atoms with Crippen molar-refractivity contribution in [2.45, 2.75) is 50.7 Å². The first kappa shape index (κ1) is 23.4. The van der Waals surface area contributed by atoms with Crippen LogP contribution in [0.3, 0.4) is 0 Å². The molecule has 1 fully saturated rings. The molecular weight excluding hydrogens is 473 g/mol. The lowest BCUT2D eigenvalue weighted by molar-refractivity contribution is 0.0154. The van der Waals surface area contributed by atoms with Crippen molar-refractivity contribution in [3.05, 3.63) is 70.7 Å². The van der Waals surface area contributed by atoms with Gasteiger partial charge in [-0.05, 0) is 75.3 Å². The highest BCUT2D eigenvalue weighted by atomic mass is 35.5. The lowest BCUT2D eigenvalue weighted by Gasteiger charge is -2.42. The summed E-state index contributed by atoms with van der Waals surface area (Å²) in [6.07, 6.45) is 2.82. The minimum atomic E-state index is -0.916. The lowest BCUT2D eigenvalue weighted by Crippen LogP contribution is -2.52. The summed E-state index contributed by atoms with van der Waals surface area (Å²) < 4.78 is 25.0. The third-order valence-corrected chi connectivity index (χ3v) is 7.10. The smallest absolute Gasteiger partial charge is 0.428 e. The molecule has 7 nitrogen and oxygen atoms in total. The lowest BCUT2D eigenvalue weighted by atomic mass is 9.73. The maximum absolute atomic E-state index is 13.6. The first-order chi connectivity index (χ1) is 16.8. The molecule has 5 rings (SSSR count). The van der Waals surface area contributed by atoms with Crippen molar-refractivity contribution in [3.8, 4) is 0 Å². The molecule has 2 N–H and O–H groups in total. The van der Waals surface area contributed by atoms with E-state index in [1.54, 1.807) is 12.1 Å². The molecule has 0 saturated heterocycles. The van der Waals surface area contributed by atoms with E-state index in [1.165, 1.54) is 12.1 Å². The van der Waals surface area contributed by atoms with Crippen LogP contribution in [0.5, 0.6) is 0 Å². The average Bonchev–Trinajstić information content (AvgIpc) is 3.26. The number of hydrogen-bond donors (Lipinski definition) is 2. The largest absolute Gasteiger partial charge is 0.451 e. The van der Waals surface area contributed by atoms with Gasteiger partial charge in [0.05, 0.1) is 5.02 Å². The molecule has 35 heavy (non-hydrogen) atoms. The van der Waals surface area contributed by atoms with Gasteiger partial charge in [0.15, 0.2) is 11.4 Å². The topological polar surface area (TPSA) is 92.9 Å². The second-order valence-corrected chi connectivity index (χ2v) is 9.69. The number of benzene rings is 2. The molecule has 1 saturated carbocycles. The molecule has 1 spiro atoms. The molecule has 1 aliphatic heterocycles. The van der Waals surface area contributed by atoms with Gasteiger partial charge < -0.3 is 14.5 Å². The zero-order chi connectivity index (χ0) is 24.6. The highest BCUT2D eigenvalue weighted by Crippen LogP contribution is 2.41. The number of ether oxygens (including phenoxy) is 1. The van der Waals surface area contributed by atoms with Crippen molar-refractivity contribution < 1.29 is 23.1 Å². The number of rotatable bonds is 5. The van der Waals surface area contributed by atoms with Crippen LogP contribution in [0.15, 0.2) is 58.0 Å². The number of nitrogens with one attached hydrogen (secondary N) is 2. The highest BCUT2D eigenvalue weighted by Gasteiger charge is 2.46. The second kappa shape index (κ2) is 9.34. The minimum absolute atomic E-state index is 0.0648. The van der Waals surface area contributed by atoms with E-state index in [0.29, 0.717) is 41.4 Å². The van der Waals surface area contributed by atoms with E-state index in [4.69, 9.17) is 20.8 Å². The van der Waals surface area contributed by atoms with Crippen molar-refractivity contribution in [1.82, 2.24) is 10.7 Å². The summed E-state index contributed by atoms with van der Waals surface area (Å²) in [4.78, 5) is 24.7. The summed E-state index contributed by atoms with van der Waals surface area (Å²) in [6, 6.07) is 13.3. The van der Waals surface area contributed by atoms with E-state index in [2.05, 4.69) is 15.8 Å². The van der Waals surface area contributed by atoms with Crippen molar-refractivity contribution in [1.29, 1.82) is 0 Å². The average molecular weight is 498 g/mol. The Balaban J connectivity index is 1.23. The molecule has 2 aromatic carbocycles. The van der Waals surface area contributed by atoms with E-state index in [0.717, 1.165) is 24.6 Å². The van der Waals surface area contributed by atoms with Crippen LogP contribution >= 0.6 is 11.6 Å². The third-order valence-electron chi connectivity index (χ3n) is 6.79. The standard InChI is InChI=1S/C26H25ClFN3O4/c1-15(29-24(32)22-13-17-4-2-3-5-21(17)34-22)12-16-8-10-26(11-9-16)23(30-31-25(33)35-26)19-7-6-18(28)14-20(19)27/h2-7,13-16H,8-12H2,1H3,(H,29,32)(H,31,33)/t15-,16?,26?/m0/s1. The van der Waals surface area contributed by atoms with Crippen molar-refractivity contribution in [3.63, 3.8) is 0 Å². The number of hydrogen-bond acceptors (Lipinski definition) is 5. The summed E-state index contributed by atoms with van der Waals surface area (Å²) in [6.45, 7) is 1.97. The Morgan fingerprint density at radius 3 is 2.77 bits per heavy atom. The van der Waals surface area contributed by atoms with Crippen LogP contribution in [0.2, 0.25) is 5.02 Å². The van der Waals surface area contributed by atoms with E-state index in [-0.39, 0.29) is 17.0 Å². The van der Waals surface area contributed by atoms with Crippen LogP contribution in [-0.2, 0) is 4.74 Å². The first-order valence-electron chi connectivity index (χ1n) is 11.6. The molecule has 9 heteroatoms. The van der Waals surface area contributed by atoms with E-state index in [1.807, 2.05) is 31.2 Å². The van der Waals surface area contributed by atoms with Gasteiger partial charge >= 0.3 is 6.09 Å². The van der Waals surface area contributed by atoms with Gasteiger partial charge in [0, 0.05) is 17.0 Å². The molecule has 1 aliphatic carbocycles. The van der Waals surface area contributed by atoms with Crippen molar-refractivity contribution in [2.75, 3.05) is 0 Å². The molecule has 3 aromatic rings. The number of carbonyl (C=O) groups is 2. The second-order valence-electron chi connectivity index (χ2n) is 9.28. The number of amides is 2. The normalized spacial score (nSPS) is 22.9. The summed E-state index contributed by atoms with van der Waals surface area (Å²) in [5, 5.41) is 8.37. The molecule has 1 aromatic heterocycles. The van der Waals surface area contributed by atoms with E-state index >= 15 is 0 Å². The number of nitrogens with zero attached hydrogens (tertiary/aromatic N) is 1. The molecule has 2 amide bonds. The molecule has 0 radical (unpaired) electrons. The summed E-state index contributed by atoms with van der Waals surface area (Å²) >= 11 is 6.29. The Morgan fingerprint density at radius 1 is 1.26 bits per heavy atom. The Morgan fingerprint density at radius 2 is 2.03 bits per heavy atom. The molecule has 2 heterocycles. The third kappa shape index (κ3) is 4.75. The van der Waals surface area contributed by atoms with Gasteiger partial charge in [-0.25, -0.2) is 14.6 Å². The predicted octanol–water partition coefficient (Wildman–Crippen LogP) is 5.81. The van der Waals surface area contributed by atoms with Gasteiger partial charge in [-0.1, -0.05) is 29.8 Å². The predicted molar refractivity (Wildman–Crippen MR) is 130 cm³/mol. The van der Waals surface area contributed by atoms with Crippen molar-refractivity contribution in [2.24, 2.45) is 11.0 Å². The minimum Gasteiger partial charge on any atom is -0.451 e. The Kier molecular flexibility index (Phi) is 6.23. The number of hydrazone groups is 1. The summed E-state index contributed by atoms with van der Waals surface area (Å²) in [5.74, 6) is -0.0744. The fourth-order valence-corrected chi connectivity index (χ4v) is 5.36. The fourth-order valence-electron chi connectivity index (χ4n) is 5.11. The van der Waals surface area contributed by atoms with Gasteiger partial charge in [0.1, 0.15) is 17.1 Å². The monoisotopic (exact) mass is 497 g/mol. The zero-order valence-corrected chi connectivity index (χ0v) is 19.9. The van der Waals surface area contributed by atoms with Gasteiger partial charge in [-0.2, -0.15) is 5.10 Å². The quantitative estimate of drug-likeness (QED) is 0.465. The van der Waals surface area contributed by atoms with Crippen LogP contribution in [0.1, 0.15) is 55.1 Å². The molecule has 0 unspecified atom stereocenters. The molecular formula is C26H25ClFN3O4. The Labute approximate surface area is 206 Å². The van der Waals surface area contributed by atoms with Crippen LogP contribution in [0, 0.1) is 11.7 Å². The Bertz CT molecular complexity index is 1280. The van der Waals surface area contributed by atoms with E-state index < -0.39 is 17.5 Å². The first-order valence-corrected chi connectivity index (χ1v) is 12.0. The maximum atomic E-state index is 13.6. The highest BCUT2D eigenvalue weighted by molar-refractivity contribution is 6.35. The number of halogens is 2. The van der Waals surface area contributed by atoms with Gasteiger partial charge in [0.25, 0.3) is 5.91 Å². The molecule has 2 aliphatic rings. The number of fused-ring (bicyclic) bond motifs is 1. The zero-order valence-electron chi connectivity index (χ0n) is 19.1.